The van der Waals surface area contributed by atoms with Crippen molar-refractivity contribution in [2.45, 2.75) is 38.3 Å². The first-order valence-electron chi connectivity index (χ1n) is 6.56. The fraction of sp³-hybridized carbons (Fsp3) is 0.533. The molecule has 1 amide bonds. The summed E-state index contributed by atoms with van der Waals surface area (Å²) in [7, 11) is 1.62. The minimum Gasteiger partial charge on any atom is -0.497 e. The number of hydrogen-bond donors (Lipinski definition) is 1. The number of hydrogen-bond acceptors (Lipinski definition) is 3. The minimum absolute atomic E-state index is 0.0618. The molecule has 1 aromatic rings. The van der Waals surface area contributed by atoms with Crippen molar-refractivity contribution < 1.29 is 14.6 Å². The predicted octanol–water partition coefficient (Wildman–Crippen LogP) is 1.61. The van der Waals surface area contributed by atoms with E-state index in [2.05, 4.69) is 0 Å². The van der Waals surface area contributed by atoms with Gasteiger partial charge in [-0.25, -0.2) is 0 Å². The quantitative estimate of drug-likeness (QED) is 0.901. The van der Waals surface area contributed by atoms with E-state index in [1.165, 1.54) is 0 Å². The SMILES string of the molecule is COc1ccc(CC(=O)N2CCC(O)C2(C)C)cc1. The molecule has 19 heavy (non-hydrogen) atoms. The van der Waals surface area contributed by atoms with E-state index >= 15 is 0 Å². The molecule has 4 heteroatoms. The summed E-state index contributed by atoms with van der Waals surface area (Å²) in [6, 6.07) is 7.51. The summed E-state index contributed by atoms with van der Waals surface area (Å²) < 4.78 is 5.09. The van der Waals surface area contributed by atoms with E-state index in [0.29, 0.717) is 19.4 Å². The van der Waals surface area contributed by atoms with Crippen LogP contribution in [0.25, 0.3) is 0 Å². The first-order chi connectivity index (χ1) is 8.95. The van der Waals surface area contributed by atoms with Crippen LogP contribution >= 0.6 is 0 Å². The van der Waals surface area contributed by atoms with Crippen LogP contribution in [0.2, 0.25) is 0 Å². The average molecular weight is 263 g/mol. The van der Waals surface area contributed by atoms with Crippen molar-refractivity contribution in [2.24, 2.45) is 0 Å². The highest BCUT2D eigenvalue weighted by Crippen LogP contribution is 2.29. The Labute approximate surface area is 114 Å². The second kappa shape index (κ2) is 5.21. The Morgan fingerprint density at radius 2 is 2.05 bits per heavy atom. The summed E-state index contributed by atoms with van der Waals surface area (Å²) in [6.07, 6.45) is 0.578. The largest absolute Gasteiger partial charge is 0.497 e. The Morgan fingerprint density at radius 1 is 1.42 bits per heavy atom. The second-order valence-electron chi connectivity index (χ2n) is 5.53. The highest BCUT2D eigenvalue weighted by Gasteiger charge is 2.42. The van der Waals surface area contributed by atoms with Crippen molar-refractivity contribution in [3.05, 3.63) is 29.8 Å². The summed E-state index contributed by atoms with van der Waals surface area (Å²) in [4.78, 5) is 14.1. The molecule has 104 valence electrons. The Hall–Kier alpha value is -1.55. The lowest BCUT2D eigenvalue weighted by Crippen LogP contribution is -2.48. The zero-order valence-electron chi connectivity index (χ0n) is 11.7. The summed E-state index contributed by atoms with van der Waals surface area (Å²) in [5.74, 6) is 0.847. The number of benzene rings is 1. The van der Waals surface area contributed by atoms with Crippen molar-refractivity contribution >= 4 is 5.91 Å². The van der Waals surface area contributed by atoms with Crippen LogP contribution in [0.15, 0.2) is 24.3 Å². The van der Waals surface area contributed by atoms with Gasteiger partial charge in [0.1, 0.15) is 5.75 Å². The lowest BCUT2D eigenvalue weighted by Gasteiger charge is -2.33. The molecule has 4 nitrogen and oxygen atoms in total. The molecule has 1 aliphatic heterocycles. The molecule has 1 fully saturated rings. The van der Waals surface area contributed by atoms with E-state index in [4.69, 9.17) is 4.74 Å². The number of methoxy groups -OCH3 is 1. The fourth-order valence-electron chi connectivity index (χ4n) is 2.53. The van der Waals surface area contributed by atoms with Crippen LogP contribution in [-0.4, -0.2) is 41.2 Å². The number of aliphatic hydroxyl groups is 1. The van der Waals surface area contributed by atoms with Crippen molar-refractivity contribution in [1.82, 2.24) is 4.90 Å². The molecule has 0 aliphatic carbocycles. The van der Waals surface area contributed by atoms with Gasteiger partial charge in [-0.1, -0.05) is 12.1 Å². The molecule has 0 saturated carbocycles. The molecule has 1 heterocycles. The van der Waals surface area contributed by atoms with Gasteiger partial charge in [-0.05, 0) is 38.0 Å². The van der Waals surface area contributed by atoms with Gasteiger partial charge in [0.15, 0.2) is 0 Å². The Morgan fingerprint density at radius 3 is 2.53 bits per heavy atom. The topological polar surface area (TPSA) is 49.8 Å². The number of ether oxygens (including phenoxy) is 1. The van der Waals surface area contributed by atoms with Gasteiger partial charge in [0.25, 0.3) is 0 Å². The van der Waals surface area contributed by atoms with Crippen LogP contribution < -0.4 is 4.74 Å². The van der Waals surface area contributed by atoms with Crippen molar-refractivity contribution in [3.8, 4) is 5.75 Å². The van der Waals surface area contributed by atoms with Gasteiger partial charge in [0.05, 0.1) is 25.2 Å². The van der Waals surface area contributed by atoms with Gasteiger partial charge >= 0.3 is 0 Å². The summed E-state index contributed by atoms with van der Waals surface area (Å²) in [6.45, 7) is 4.45. The Kier molecular flexibility index (Phi) is 3.80. The lowest BCUT2D eigenvalue weighted by atomic mass is 9.98. The molecule has 1 aromatic carbocycles. The number of aliphatic hydroxyl groups excluding tert-OH is 1. The monoisotopic (exact) mass is 263 g/mol. The van der Waals surface area contributed by atoms with Gasteiger partial charge < -0.3 is 14.7 Å². The van der Waals surface area contributed by atoms with Gasteiger partial charge in [-0.2, -0.15) is 0 Å². The molecule has 1 saturated heterocycles. The van der Waals surface area contributed by atoms with Crippen molar-refractivity contribution in [3.63, 3.8) is 0 Å². The van der Waals surface area contributed by atoms with Crippen LogP contribution in [0.3, 0.4) is 0 Å². The number of carbonyl (C=O) groups is 1. The molecule has 1 aliphatic rings. The molecule has 1 unspecified atom stereocenters. The average Bonchev–Trinajstić information content (AvgIpc) is 2.65. The first kappa shape index (κ1) is 13.9. The van der Waals surface area contributed by atoms with Gasteiger partial charge in [-0.15, -0.1) is 0 Å². The van der Waals surface area contributed by atoms with Gasteiger partial charge in [0.2, 0.25) is 5.91 Å². The maximum Gasteiger partial charge on any atom is 0.227 e. The molecular weight excluding hydrogens is 242 g/mol. The number of rotatable bonds is 3. The van der Waals surface area contributed by atoms with Crippen LogP contribution in [0.1, 0.15) is 25.8 Å². The summed E-state index contributed by atoms with van der Waals surface area (Å²) in [5.41, 5.74) is 0.492. The van der Waals surface area contributed by atoms with Crippen molar-refractivity contribution in [1.29, 1.82) is 0 Å². The highest BCUT2D eigenvalue weighted by atomic mass is 16.5. The van der Waals surface area contributed by atoms with E-state index < -0.39 is 11.6 Å². The maximum absolute atomic E-state index is 12.3. The van der Waals surface area contributed by atoms with Crippen LogP contribution in [-0.2, 0) is 11.2 Å². The van der Waals surface area contributed by atoms with E-state index in [0.717, 1.165) is 11.3 Å². The normalized spacial score (nSPS) is 21.5. The lowest BCUT2D eigenvalue weighted by molar-refractivity contribution is -0.135. The Balaban J connectivity index is 2.05. The molecule has 0 aromatic heterocycles. The molecule has 0 radical (unpaired) electrons. The zero-order chi connectivity index (χ0) is 14.0. The zero-order valence-corrected chi connectivity index (χ0v) is 11.7. The highest BCUT2D eigenvalue weighted by molar-refractivity contribution is 5.80. The number of likely N-dealkylation sites (tertiary alicyclic amines) is 1. The van der Waals surface area contributed by atoms with Gasteiger partial charge in [0, 0.05) is 6.54 Å². The third-order valence-electron chi connectivity index (χ3n) is 3.95. The maximum atomic E-state index is 12.3. The predicted molar refractivity (Wildman–Crippen MR) is 73.1 cm³/mol. The molecule has 1 atom stereocenters. The molecule has 2 rings (SSSR count). The van der Waals surface area contributed by atoms with E-state index in [1.54, 1.807) is 12.0 Å². The number of amides is 1. The number of carbonyl (C=O) groups excluding carboxylic acids is 1. The number of nitrogens with zero attached hydrogens (tertiary/aromatic N) is 1. The molecule has 1 N–H and O–H groups in total. The van der Waals surface area contributed by atoms with E-state index in [9.17, 15) is 9.90 Å². The van der Waals surface area contributed by atoms with E-state index in [-0.39, 0.29) is 5.91 Å². The molecular formula is C15H21NO3. The summed E-state index contributed by atoms with van der Waals surface area (Å²) in [5, 5.41) is 9.90. The smallest absolute Gasteiger partial charge is 0.227 e. The standard InChI is InChI=1S/C15H21NO3/c1-15(2)13(17)8-9-16(15)14(18)10-11-4-6-12(19-3)7-5-11/h4-7,13,17H,8-10H2,1-3H3. The van der Waals surface area contributed by atoms with Crippen LogP contribution in [0, 0.1) is 0 Å². The fourth-order valence-corrected chi connectivity index (χ4v) is 2.53. The first-order valence-corrected chi connectivity index (χ1v) is 6.56. The van der Waals surface area contributed by atoms with Crippen molar-refractivity contribution in [2.75, 3.05) is 13.7 Å². The molecule has 0 bridgehead atoms. The third-order valence-corrected chi connectivity index (χ3v) is 3.95. The van der Waals surface area contributed by atoms with Crippen LogP contribution in [0.5, 0.6) is 5.75 Å². The van der Waals surface area contributed by atoms with E-state index in [1.807, 2.05) is 38.1 Å². The third kappa shape index (κ3) is 2.73. The van der Waals surface area contributed by atoms with Gasteiger partial charge in [-0.3, -0.25) is 4.79 Å². The minimum atomic E-state index is -0.469. The summed E-state index contributed by atoms with van der Waals surface area (Å²) >= 11 is 0. The molecule has 0 spiro atoms. The Bertz CT molecular complexity index is 453. The second-order valence-corrected chi connectivity index (χ2v) is 5.53. The van der Waals surface area contributed by atoms with Crippen LogP contribution in [0.4, 0.5) is 0 Å².